The molecule has 14 heteroatoms. The van der Waals surface area contributed by atoms with E-state index in [4.69, 9.17) is 0 Å². The molecule has 8 rings (SSSR count). The van der Waals surface area contributed by atoms with Gasteiger partial charge in [-0.1, -0.05) is 48.5 Å². The van der Waals surface area contributed by atoms with Gasteiger partial charge in [-0.3, -0.25) is 0 Å². The highest BCUT2D eigenvalue weighted by atomic mass is 19.4. The molecule has 0 amide bonds. The highest BCUT2D eigenvalue weighted by molar-refractivity contribution is 6.10. The Hall–Kier alpha value is -5.92. The van der Waals surface area contributed by atoms with E-state index in [1.54, 1.807) is 24.3 Å². The van der Waals surface area contributed by atoms with Crippen molar-refractivity contribution in [2.24, 2.45) is 0 Å². The van der Waals surface area contributed by atoms with Crippen LogP contribution < -0.4 is 0 Å². The topological polar surface area (TPSA) is 9.86 Å². The Balaban J connectivity index is 1.23. The van der Waals surface area contributed by atoms with Crippen LogP contribution in [0.2, 0.25) is 0 Å². The quantitative estimate of drug-likeness (QED) is 0.159. The molecule has 0 spiro atoms. The van der Waals surface area contributed by atoms with Gasteiger partial charge < -0.3 is 9.13 Å². The fourth-order valence-electron chi connectivity index (χ4n) is 6.90. The summed E-state index contributed by atoms with van der Waals surface area (Å²) < 4.78 is 167. The van der Waals surface area contributed by atoms with E-state index in [1.165, 1.54) is 57.7 Å². The molecule has 2 aromatic heterocycles. The number of hydrogen-bond acceptors (Lipinski definition) is 0. The number of halogens is 12. The van der Waals surface area contributed by atoms with E-state index in [0.717, 1.165) is 48.5 Å². The summed E-state index contributed by atoms with van der Waals surface area (Å²) in [5, 5.41) is 1.23. The summed E-state index contributed by atoms with van der Waals surface area (Å²) in [7, 11) is 0. The average molecular weight is 757 g/mol. The van der Waals surface area contributed by atoms with E-state index >= 15 is 0 Å². The highest BCUT2D eigenvalue weighted by Gasteiger charge is 2.35. The van der Waals surface area contributed by atoms with Gasteiger partial charge in [-0.2, -0.15) is 52.7 Å². The zero-order valence-electron chi connectivity index (χ0n) is 27.0. The third-order valence-corrected chi connectivity index (χ3v) is 9.43. The van der Waals surface area contributed by atoms with Crippen molar-refractivity contribution < 1.29 is 52.7 Å². The second-order valence-electron chi connectivity index (χ2n) is 12.7. The van der Waals surface area contributed by atoms with E-state index in [-0.39, 0.29) is 33.4 Å². The van der Waals surface area contributed by atoms with Crippen molar-refractivity contribution in [3.8, 4) is 22.5 Å². The summed E-state index contributed by atoms with van der Waals surface area (Å²) in [4.78, 5) is 0. The lowest BCUT2D eigenvalue weighted by atomic mass is 10.0. The first-order valence-electron chi connectivity index (χ1n) is 16.0. The van der Waals surface area contributed by atoms with Gasteiger partial charge in [-0.15, -0.1) is 0 Å². The fourth-order valence-corrected chi connectivity index (χ4v) is 6.90. The van der Waals surface area contributed by atoms with Crippen molar-refractivity contribution in [3.63, 3.8) is 0 Å². The minimum absolute atomic E-state index is 0.0322. The van der Waals surface area contributed by atoms with E-state index in [0.29, 0.717) is 32.7 Å². The second-order valence-corrected chi connectivity index (χ2v) is 12.7. The van der Waals surface area contributed by atoms with Crippen LogP contribution in [-0.2, 0) is 24.7 Å². The molecule has 6 aromatic carbocycles. The first kappa shape index (κ1) is 35.1. The van der Waals surface area contributed by atoms with E-state index in [9.17, 15) is 52.7 Å². The van der Waals surface area contributed by atoms with Crippen LogP contribution in [0.1, 0.15) is 22.3 Å². The summed E-state index contributed by atoms with van der Waals surface area (Å²) in [6.45, 7) is 0. The second kappa shape index (κ2) is 11.8. The van der Waals surface area contributed by atoms with Gasteiger partial charge in [0.05, 0.1) is 44.3 Å². The number of alkyl halides is 12. The molecule has 0 bridgehead atoms. The van der Waals surface area contributed by atoms with Gasteiger partial charge in [0.15, 0.2) is 0 Å². The summed E-state index contributed by atoms with van der Waals surface area (Å²) in [6.07, 6.45) is -18.9. The minimum atomic E-state index is -4.72. The zero-order valence-corrected chi connectivity index (χ0v) is 27.0. The van der Waals surface area contributed by atoms with E-state index in [2.05, 4.69) is 0 Å². The maximum Gasteiger partial charge on any atom is 0.416 e. The summed E-state index contributed by atoms with van der Waals surface area (Å²) in [5.74, 6) is 0. The smallest absolute Gasteiger partial charge is 0.309 e. The molecule has 0 radical (unpaired) electrons. The van der Waals surface area contributed by atoms with Gasteiger partial charge in [-0.25, -0.2) is 0 Å². The Bertz CT molecular complexity index is 2410. The standard InChI is InChI=1S/C40H20F12N2/c41-37(42,43)23-5-13-29-30-14-6-24(38(44,45)46)18-34(30)53(33(29)17-23)27-9-1-21(2-10-27)22-3-11-28(12-4-22)54-35-19-25(39(47,48)49)7-15-31(35)32-16-8-26(20-36(32)54)40(50,51)52/h1-20H. The van der Waals surface area contributed by atoms with Crippen LogP contribution in [0, 0.1) is 0 Å². The van der Waals surface area contributed by atoms with Gasteiger partial charge >= 0.3 is 24.7 Å². The summed E-state index contributed by atoms with van der Waals surface area (Å²) in [6, 6.07) is 24.2. The molecular formula is C40H20F12N2. The van der Waals surface area contributed by atoms with Crippen molar-refractivity contribution in [2.75, 3.05) is 0 Å². The number of nitrogens with zero attached hydrogens (tertiary/aromatic N) is 2. The number of rotatable bonds is 3. The first-order chi connectivity index (χ1) is 25.3. The van der Waals surface area contributed by atoms with E-state index in [1.807, 2.05) is 0 Å². The number of aromatic nitrogens is 2. The molecule has 0 fully saturated rings. The van der Waals surface area contributed by atoms with Crippen molar-refractivity contribution in [2.45, 2.75) is 24.7 Å². The van der Waals surface area contributed by atoms with Crippen LogP contribution >= 0.6 is 0 Å². The third kappa shape index (κ3) is 5.89. The van der Waals surface area contributed by atoms with Crippen molar-refractivity contribution >= 4 is 43.6 Å². The lowest BCUT2D eigenvalue weighted by Gasteiger charge is -2.13. The lowest BCUT2D eigenvalue weighted by molar-refractivity contribution is -0.138. The minimum Gasteiger partial charge on any atom is -0.309 e. The molecule has 0 aliphatic carbocycles. The van der Waals surface area contributed by atoms with Gasteiger partial charge in [-0.05, 0) is 83.9 Å². The van der Waals surface area contributed by atoms with Crippen LogP contribution in [0.4, 0.5) is 52.7 Å². The molecule has 54 heavy (non-hydrogen) atoms. The molecular weight excluding hydrogens is 736 g/mol. The molecule has 0 saturated carbocycles. The molecule has 0 aliphatic rings. The normalized spacial score (nSPS) is 13.2. The highest BCUT2D eigenvalue weighted by Crippen LogP contribution is 2.42. The first-order valence-corrected chi connectivity index (χ1v) is 16.0. The molecule has 2 heterocycles. The van der Waals surface area contributed by atoms with Crippen LogP contribution in [-0.4, -0.2) is 9.13 Å². The van der Waals surface area contributed by atoms with Gasteiger partial charge in [0, 0.05) is 32.9 Å². The zero-order chi connectivity index (χ0) is 38.5. The Morgan fingerprint density at radius 2 is 0.500 bits per heavy atom. The maximum absolute atomic E-state index is 13.7. The number of hydrogen-bond donors (Lipinski definition) is 0. The van der Waals surface area contributed by atoms with Crippen LogP contribution in [0.25, 0.3) is 66.1 Å². The van der Waals surface area contributed by atoms with Gasteiger partial charge in [0.25, 0.3) is 0 Å². The Morgan fingerprint density at radius 3 is 0.704 bits per heavy atom. The van der Waals surface area contributed by atoms with Crippen molar-refractivity contribution in [1.29, 1.82) is 0 Å². The van der Waals surface area contributed by atoms with Crippen LogP contribution in [0.3, 0.4) is 0 Å². The van der Waals surface area contributed by atoms with Crippen molar-refractivity contribution in [3.05, 3.63) is 144 Å². The SMILES string of the molecule is FC(F)(F)c1ccc2c3ccc(C(F)(F)F)cc3n(-c3ccc(-c4ccc(-n5c6cc(C(F)(F)F)ccc6c6ccc(C(F)(F)F)cc65)cc4)cc3)c2c1. The Kier molecular flexibility index (Phi) is 7.67. The molecule has 2 nitrogen and oxygen atoms in total. The largest absolute Gasteiger partial charge is 0.416 e. The average Bonchev–Trinajstić information content (AvgIpc) is 3.61. The predicted octanol–water partition coefficient (Wildman–Crippen LogP) is 13.6. The van der Waals surface area contributed by atoms with Crippen molar-refractivity contribution in [1.82, 2.24) is 9.13 Å². The lowest BCUT2D eigenvalue weighted by Crippen LogP contribution is -2.05. The molecule has 0 N–H and O–H groups in total. The molecule has 0 saturated heterocycles. The molecule has 0 aliphatic heterocycles. The monoisotopic (exact) mass is 756 g/mol. The maximum atomic E-state index is 13.7. The molecule has 274 valence electrons. The third-order valence-electron chi connectivity index (χ3n) is 9.43. The number of benzene rings is 6. The molecule has 0 atom stereocenters. The van der Waals surface area contributed by atoms with Gasteiger partial charge in [0.2, 0.25) is 0 Å². The molecule has 8 aromatic rings. The van der Waals surface area contributed by atoms with Gasteiger partial charge in [0.1, 0.15) is 0 Å². The van der Waals surface area contributed by atoms with E-state index < -0.39 is 47.0 Å². The fraction of sp³-hybridized carbons (Fsp3) is 0.100. The van der Waals surface area contributed by atoms with Crippen LogP contribution in [0.15, 0.2) is 121 Å². The summed E-state index contributed by atoms with van der Waals surface area (Å²) >= 11 is 0. The number of fused-ring (bicyclic) bond motifs is 6. The predicted molar refractivity (Wildman–Crippen MR) is 181 cm³/mol. The Labute approximate surface area is 296 Å². The summed E-state index contributed by atoms with van der Waals surface area (Å²) in [5.41, 5.74) is -2.18. The Morgan fingerprint density at radius 1 is 0.278 bits per heavy atom. The molecule has 0 unspecified atom stereocenters. The van der Waals surface area contributed by atoms with Crippen LogP contribution in [0.5, 0.6) is 0 Å².